The third-order valence-electron chi connectivity index (χ3n) is 5.83. The maximum absolute atomic E-state index is 13.3. The highest BCUT2D eigenvalue weighted by molar-refractivity contribution is 5.99. The van der Waals surface area contributed by atoms with Crippen LogP contribution in [0.2, 0.25) is 0 Å². The van der Waals surface area contributed by atoms with Gasteiger partial charge in [0.15, 0.2) is 5.65 Å². The molecule has 31 heavy (non-hydrogen) atoms. The van der Waals surface area contributed by atoms with Crippen molar-refractivity contribution >= 4 is 11.6 Å². The van der Waals surface area contributed by atoms with E-state index in [4.69, 9.17) is 0 Å². The van der Waals surface area contributed by atoms with Crippen LogP contribution in [0.3, 0.4) is 0 Å². The molecule has 0 unspecified atom stereocenters. The Morgan fingerprint density at radius 2 is 2.00 bits per heavy atom. The van der Waals surface area contributed by atoms with Crippen molar-refractivity contribution < 1.29 is 4.79 Å². The molecule has 3 aromatic rings. The van der Waals surface area contributed by atoms with Crippen LogP contribution in [0, 0.1) is 0 Å². The largest absolute Gasteiger partial charge is 0.351 e. The highest BCUT2D eigenvalue weighted by Gasteiger charge is 2.26. The van der Waals surface area contributed by atoms with Gasteiger partial charge in [-0.1, -0.05) is 30.3 Å². The number of hydrogen-bond acceptors (Lipinski definition) is 5. The zero-order valence-corrected chi connectivity index (χ0v) is 18.5. The van der Waals surface area contributed by atoms with Gasteiger partial charge in [-0.05, 0) is 26.6 Å². The molecule has 3 heterocycles. The van der Waals surface area contributed by atoms with E-state index < -0.39 is 0 Å². The van der Waals surface area contributed by atoms with Gasteiger partial charge in [0.05, 0.1) is 11.8 Å². The minimum absolute atomic E-state index is 0.125. The first-order valence-corrected chi connectivity index (χ1v) is 10.8. The number of likely N-dealkylation sites (N-methyl/N-ethyl adjacent to an activating group) is 1. The van der Waals surface area contributed by atoms with E-state index in [-0.39, 0.29) is 11.5 Å². The average molecular weight is 423 g/mol. The Morgan fingerprint density at radius 3 is 2.71 bits per heavy atom. The zero-order valence-electron chi connectivity index (χ0n) is 18.5. The molecule has 1 aliphatic heterocycles. The van der Waals surface area contributed by atoms with Crippen LogP contribution in [0.1, 0.15) is 34.1 Å². The molecule has 1 amide bonds. The summed E-state index contributed by atoms with van der Waals surface area (Å²) in [5.74, 6) is -0.195. The number of hydrogen-bond donors (Lipinski definition) is 1. The Bertz CT molecular complexity index is 1130. The molecule has 0 aliphatic carbocycles. The lowest BCUT2D eigenvalue weighted by atomic mass is 10.0. The quantitative estimate of drug-likeness (QED) is 0.622. The number of rotatable bonds is 7. The molecule has 4 rings (SSSR count). The van der Waals surface area contributed by atoms with E-state index in [0.29, 0.717) is 30.8 Å². The molecule has 0 fully saturated rings. The number of benzene rings is 1. The lowest BCUT2D eigenvalue weighted by molar-refractivity contribution is 0.0952. The molecule has 8 heteroatoms. The van der Waals surface area contributed by atoms with Gasteiger partial charge in [0, 0.05) is 51.4 Å². The summed E-state index contributed by atoms with van der Waals surface area (Å²) in [6.45, 7) is 6.27. The van der Waals surface area contributed by atoms with E-state index in [2.05, 4.69) is 32.0 Å². The van der Waals surface area contributed by atoms with Crippen molar-refractivity contribution in [2.75, 3.05) is 33.7 Å². The molecular weight excluding hydrogens is 392 g/mol. The van der Waals surface area contributed by atoms with Gasteiger partial charge >= 0.3 is 0 Å². The highest BCUT2D eigenvalue weighted by atomic mass is 16.2. The number of aromatic nitrogens is 3. The van der Waals surface area contributed by atoms with E-state index in [1.165, 1.54) is 16.3 Å². The van der Waals surface area contributed by atoms with Crippen molar-refractivity contribution in [3.63, 3.8) is 0 Å². The molecule has 0 saturated carbocycles. The van der Waals surface area contributed by atoms with E-state index in [1.807, 2.05) is 44.1 Å². The average Bonchev–Trinajstić information content (AvgIpc) is 3.20. The van der Waals surface area contributed by atoms with Crippen LogP contribution in [0.5, 0.6) is 0 Å². The minimum atomic E-state index is -0.195. The Morgan fingerprint density at radius 1 is 1.23 bits per heavy atom. The molecule has 0 bridgehead atoms. The summed E-state index contributed by atoms with van der Waals surface area (Å²) in [6, 6.07) is 10.3. The number of nitrogens with zero attached hydrogens (tertiary/aromatic N) is 5. The fourth-order valence-electron chi connectivity index (χ4n) is 4.27. The van der Waals surface area contributed by atoms with Gasteiger partial charge in [0.2, 0.25) is 0 Å². The SMILES string of the molecule is CCn1c2c(c(=O)n3ncc(C(=O)NCCN(C)C)c13)CN(Cc1ccccc1)CC2. The van der Waals surface area contributed by atoms with E-state index in [0.717, 1.165) is 37.3 Å². The maximum Gasteiger partial charge on any atom is 0.279 e. The summed E-state index contributed by atoms with van der Waals surface area (Å²) >= 11 is 0. The predicted octanol–water partition coefficient (Wildman–Crippen LogP) is 1.37. The van der Waals surface area contributed by atoms with Gasteiger partial charge in [-0.3, -0.25) is 14.5 Å². The number of amides is 1. The Labute approximate surface area is 182 Å². The van der Waals surface area contributed by atoms with Gasteiger partial charge in [0.1, 0.15) is 5.56 Å². The van der Waals surface area contributed by atoms with Crippen LogP contribution in [-0.4, -0.2) is 63.6 Å². The topological polar surface area (TPSA) is 74.9 Å². The van der Waals surface area contributed by atoms with Gasteiger partial charge in [-0.2, -0.15) is 9.61 Å². The molecule has 0 atom stereocenters. The van der Waals surface area contributed by atoms with Gasteiger partial charge < -0.3 is 14.8 Å². The molecule has 1 aromatic carbocycles. The van der Waals surface area contributed by atoms with Gasteiger partial charge in [0.25, 0.3) is 11.5 Å². The molecule has 164 valence electrons. The number of carbonyl (C=O) groups is 1. The van der Waals surface area contributed by atoms with E-state index in [1.54, 1.807) is 0 Å². The zero-order chi connectivity index (χ0) is 22.0. The summed E-state index contributed by atoms with van der Waals surface area (Å²) < 4.78 is 3.49. The van der Waals surface area contributed by atoms with Crippen molar-refractivity contribution in [2.24, 2.45) is 0 Å². The monoisotopic (exact) mass is 422 g/mol. The van der Waals surface area contributed by atoms with Crippen LogP contribution in [0.15, 0.2) is 41.3 Å². The number of nitrogens with one attached hydrogen (secondary N) is 1. The van der Waals surface area contributed by atoms with Crippen molar-refractivity contribution in [2.45, 2.75) is 33.0 Å². The first kappa shape index (κ1) is 21.3. The van der Waals surface area contributed by atoms with E-state index >= 15 is 0 Å². The van der Waals surface area contributed by atoms with Crippen LogP contribution >= 0.6 is 0 Å². The summed E-state index contributed by atoms with van der Waals surface area (Å²) in [5, 5.41) is 7.24. The van der Waals surface area contributed by atoms with Crippen molar-refractivity contribution in [3.05, 3.63) is 69.3 Å². The summed E-state index contributed by atoms with van der Waals surface area (Å²) in [4.78, 5) is 30.4. The van der Waals surface area contributed by atoms with Crippen molar-refractivity contribution in [1.82, 2.24) is 29.3 Å². The van der Waals surface area contributed by atoms with Crippen LogP contribution in [0.4, 0.5) is 0 Å². The third-order valence-corrected chi connectivity index (χ3v) is 5.83. The summed E-state index contributed by atoms with van der Waals surface area (Å²) in [7, 11) is 3.92. The van der Waals surface area contributed by atoms with Gasteiger partial charge in [-0.25, -0.2) is 0 Å². The second kappa shape index (κ2) is 9.03. The Hall–Kier alpha value is -2.97. The third kappa shape index (κ3) is 4.26. The summed E-state index contributed by atoms with van der Waals surface area (Å²) in [5.41, 5.74) is 3.95. The lowest BCUT2D eigenvalue weighted by Crippen LogP contribution is -2.38. The normalized spacial score (nSPS) is 14.2. The molecular formula is C23H30N6O2. The number of carbonyl (C=O) groups excluding carboxylic acids is 1. The van der Waals surface area contributed by atoms with Gasteiger partial charge in [-0.15, -0.1) is 0 Å². The fraction of sp³-hybridized carbons (Fsp3) is 0.435. The minimum Gasteiger partial charge on any atom is -0.351 e. The van der Waals surface area contributed by atoms with Crippen LogP contribution in [-0.2, 0) is 26.1 Å². The van der Waals surface area contributed by atoms with Crippen molar-refractivity contribution in [1.29, 1.82) is 0 Å². The summed E-state index contributed by atoms with van der Waals surface area (Å²) in [6.07, 6.45) is 2.29. The lowest BCUT2D eigenvalue weighted by Gasteiger charge is -2.30. The number of fused-ring (bicyclic) bond motifs is 2. The predicted molar refractivity (Wildman–Crippen MR) is 120 cm³/mol. The van der Waals surface area contributed by atoms with E-state index in [9.17, 15) is 9.59 Å². The second-order valence-corrected chi connectivity index (χ2v) is 8.27. The molecule has 1 aliphatic rings. The van der Waals surface area contributed by atoms with Crippen molar-refractivity contribution in [3.8, 4) is 0 Å². The molecule has 0 radical (unpaired) electrons. The second-order valence-electron chi connectivity index (χ2n) is 8.27. The molecule has 0 spiro atoms. The Kier molecular flexibility index (Phi) is 6.20. The standard InChI is InChI=1S/C23H30N6O2/c1-4-28-20-10-12-27(15-17-8-6-5-7-9-17)16-19(20)23(31)29-22(28)18(14-25-29)21(30)24-11-13-26(2)3/h5-9,14H,4,10-13,15-16H2,1-3H3,(H,24,30). The molecule has 8 nitrogen and oxygen atoms in total. The molecule has 0 saturated heterocycles. The first-order chi connectivity index (χ1) is 15.0. The van der Waals surface area contributed by atoms with Crippen LogP contribution < -0.4 is 10.9 Å². The number of aryl methyl sites for hydroxylation is 1. The maximum atomic E-state index is 13.3. The first-order valence-electron chi connectivity index (χ1n) is 10.8. The smallest absolute Gasteiger partial charge is 0.279 e. The fourth-order valence-corrected chi connectivity index (χ4v) is 4.27. The highest BCUT2D eigenvalue weighted by Crippen LogP contribution is 2.22. The van der Waals surface area contributed by atoms with Crippen LogP contribution in [0.25, 0.3) is 5.65 Å². The molecule has 2 aromatic heterocycles. The Balaban J connectivity index is 1.66. The molecule has 1 N–H and O–H groups in total.